The third-order valence-corrected chi connectivity index (χ3v) is 10.0. The maximum absolute atomic E-state index is 13.6. The summed E-state index contributed by atoms with van der Waals surface area (Å²) in [5.74, 6) is 1.41. The molecule has 4 N–H and O–H groups in total. The van der Waals surface area contributed by atoms with Gasteiger partial charge in [-0.2, -0.15) is 0 Å². The third kappa shape index (κ3) is 7.52. The molecule has 0 saturated carbocycles. The summed E-state index contributed by atoms with van der Waals surface area (Å²) in [6.07, 6.45) is 1.21. The summed E-state index contributed by atoms with van der Waals surface area (Å²) in [5, 5.41) is 5.55. The van der Waals surface area contributed by atoms with Gasteiger partial charge in [-0.1, -0.05) is 64.1 Å². The number of carbonyl (C=O) groups is 3. The lowest BCUT2D eigenvalue weighted by atomic mass is 10.00. The van der Waals surface area contributed by atoms with Gasteiger partial charge in [0.2, 0.25) is 11.8 Å². The Morgan fingerprint density at radius 3 is 1.94 bits per heavy atom. The van der Waals surface area contributed by atoms with Crippen molar-refractivity contribution in [2.24, 2.45) is 11.8 Å². The van der Waals surface area contributed by atoms with Crippen LogP contribution in [0.2, 0.25) is 0 Å². The highest BCUT2D eigenvalue weighted by Gasteiger charge is 2.37. The zero-order chi connectivity index (χ0) is 37.3. The number of nitrogens with zero attached hydrogens (tertiary/aromatic N) is 4. The molecule has 6 rings (SSSR count). The van der Waals surface area contributed by atoms with Gasteiger partial charge in [-0.15, -0.1) is 0 Å². The van der Waals surface area contributed by atoms with Crippen molar-refractivity contribution in [3.63, 3.8) is 0 Å². The fourth-order valence-electron chi connectivity index (χ4n) is 7.32. The van der Waals surface area contributed by atoms with Crippen molar-refractivity contribution < 1.29 is 19.1 Å². The molecule has 52 heavy (non-hydrogen) atoms. The van der Waals surface area contributed by atoms with Crippen LogP contribution in [0.3, 0.4) is 0 Å². The molecule has 1 saturated heterocycles. The van der Waals surface area contributed by atoms with Crippen molar-refractivity contribution in [1.82, 2.24) is 40.4 Å². The Morgan fingerprint density at radius 1 is 0.808 bits per heavy atom. The Morgan fingerprint density at radius 2 is 1.38 bits per heavy atom. The van der Waals surface area contributed by atoms with Gasteiger partial charge in [0.05, 0.1) is 47.3 Å². The molecule has 2 aromatic heterocycles. The maximum Gasteiger partial charge on any atom is 0.407 e. The van der Waals surface area contributed by atoms with E-state index in [1.54, 1.807) is 0 Å². The van der Waals surface area contributed by atoms with Gasteiger partial charge in [0.25, 0.3) is 0 Å². The normalized spacial score (nSPS) is 16.5. The van der Waals surface area contributed by atoms with Gasteiger partial charge < -0.3 is 30.2 Å². The molecule has 4 atom stereocenters. The van der Waals surface area contributed by atoms with Crippen LogP contribution in [-0.4, -0.2) is 87.5 Å². The number of aromatic nitrogens is 4. The van der Waals surface area contributed by atoms with E-state index in [1.165, 1.54) is 7.11 Å². The minimum Gasteiger partial charge on any atom is -0.453 e. The first-order valence-corrected chi connectivity index (χ1v) is 18.1. The van der Waals surface area contributed by atoms with Crippen molar-refractivity contribution in [3.8, 4) is 22.3 Å². The summed E-state index contributed by atoms with van der Waals surface area (Å²) in [4.78, 5) is 58.9. The number of likely N-dealkylation sites (N-methyl/N-ethyl adjacent to an activating group) is 1. The topological polar surface area (TPSA) is 148 Å². The van der Waals surface area contributed by atoms with Crippen LogP contribution in [0.15, 0.2) is 60.7 Å². The lowest BCUT2D eigenvalue weighted by Crippen LogP contribution is -2.50. The first-order valence-electron chi connectivity index (χ1n) is 18.1. The second-order valence-corrected chi connectivity index (χ2v) is 14.7. The zero-order valence-corrected chi connectivity index (χ0v) is 31.3. The smallest absolute Gasteiger partial charge is 0.407 e. The number of ether oxygens (including phenoxy) is 1. The third-order valence-electron chi connectivity index (χ3n) is 10.0. The zero-order valence-electron chi connectivity index (χ0n) is 31.3. The average Bonchev–Trinajstić information content (AvgIpc) is 3.87. The molecule has 12 heteroatoms. The number of fused-ring (bicyclic) bond motifs is 2. The number of hydrogen-bond acceptors (Lipinski definition) is 7. The van der Waals surface area contributed by atoms with Crippen LogP contribution in [-0.2, 0) is 14.3 Å². The van der Waals surface area contributed by atoms with Gasteiger partial charge in [-0.3, -0.25) is 14.5 Å². The van der Waals surface area contributed by atoms with E-state index in [4.69, 9.17) is 9.97 Å². The minimum absolute atomic E-state index is 0.0540. The Labute approximate surface area is 304 Å². The molecule has 5 aromatic rings. The number of amides is 3. The van der Waals surface area contributed by atoms with Crippen molar-refractivity contribution in [2.45, 2.75) is 71.6 Å². The number of alkyl carbamates (subject to hydrolysis) is 1. The maximum atomic E-state index is 13.6. The second kappa shape index (κ2) is 15.2. The second-order valence-electron chi connectivity index (χ2n) is 14.7. The molecule has 0 bridgehead atoms. The van der Waals surface area contributed by atoms with Crippen molar-refractivity contribution in [1.29, 1.82) is 0 Å². The van der Waals surface area contributed by atoms with E-state index < -0.39 is 18.2 Å². The number of aromatic amines is 2. The molecule has 12 nitrogen and oxygen atoms in total. The molecular formula is C40H50N8O4. The van der Waals surface area contributed by atoms with E-state index in [-0.39, 0.29) is 35.7 Å². The molecule has 1 fully saturated rings. The van der Waals surface area contributed by atoms with E-state index in [0.29, 0.717) is 5.82 Å². The molecule has 3 heterocycles. The molecule has 0 radical (unpaired) electrons. The van der Waals surface area contributed by atoms with Gasteiger partial charge >= 0.3 is 6.09 Å². The van der Waals surface area contributed by atoms with Gasteiger partial charge in [0.1, 0.15) is 17.7 Å². The predicted molar refractivity (Wildman–Crippen MR) is 203 cm³/mol. The summed E-state index contributed by atoms with van der Waals surface area (Å²) < 4.78 is 4.68. The number of likely N-dealkylation sites (tertiary alicyclic amines) is 1. The van der Waals surface area contributed by atoms with Gasteiger partial charge in [0, 0.05) is 6.54 Å². The molecule has 0 spiro atoms. The molecule has 1 aliphatic rings. The fourth-order valence-corrected chi connectivity index (χ4v) is 7.32. The van der Waals surface area contributed by atoms with Crippen molar-refractivity contribution in [3.05, 3.63) is 72.3 Å². The van der Waals surface area contributed by atoms with Crippen molar-refractivity contribution >= 4 is 40.0 Å². The van der Waals surface area contributed by atoms with E-state index in [2.05, 4.69) is 81.7 Å². The highest BCUT2D eigenvalue weighted by atomic mass is 16.5. The Kier molecular flexibility index (Phi) is 10.7. The van der Waals surface area contributed by atoms with Crippen LogP contribution >= 0.6 is 0 Å². The molecule has 3 aromatic carbocycles. The summed E-state index contributed by atoms with van der Waals surface area (Å²) in [6.45, 7) is 10.5. The number of nitrogens with one attached hydrogen (secondary N) is 4. The number of H-pyrrole nitrogens is 2. The van der Waals surface area contributed by atoms with Crippen LogP contribution < -0.4 is 10.6 Å². The Balaban J connectivity index is 1.16. The summed E-state index contributed by atoms with van der Waals surface area (Å²) in [5.41, 5.74) is 7.75. The molecule has 1 aliphatic heterocycles. The number of hydrogen-bond donors (Lipinski definition) is 4. The van der Waals surface area contributed by atoms with Crippen LogP contribution in [0.1, 0.15) is 71.2 Å². The number of imidazole rings is 2. The molecule has 0 unspecified atom stereocenters. The summed E-state index contributed by atoms with van der Waals surface area (Å²) >= 11 is 0. The number of methoxy groups -OCH3 is 1. The van der Waals surface area contributed by atoms with Crippen LogP contribution in [0, 0.1) is 11.8 Å². The average molecular weight is 707 g/mol. The lowest BCUT2D eigenvalue weighted by molar-refractivity contribution is -0.138. The molecule has 274 valence electrons. The molecular weight excluding hydrogens is 656 g/mol. The molecule has 3 amide bonds. The fraction of sp³-hybridized carbons (Fsp3) is 0.425. The lowest BCUT2D eigenvalue weighted by Gasteiger charge is -2.33. The minimum atomic E-state index is -0.738. The van der Waals surface area contributed by atoms with Crippen LogP contribution in [0.4, 0.5) is 4.79 Å². The van der Waals surface area contributed by atoms with Gasteiger partial charge in [0.15, 0.2) is 0 Å². The summed E-state index contributed by atoms with van der Waals surface area (Å²) in [7, 11) is 5.22. The van der Waals surface area contributed by atoms with Crippen LogP contribution in [0.5, 0.6) is 0 Å². The SMILES string of the molecule is COC(=O)N[C@H](C(=O)N[C@@H](C)c1nc2ccc(-c3ccc(-c4ccc5nc([C@@H]6CCCN6C(=O)[C@H](C(C)C)N(C)C)[nH]c5c4)cc3)cc2[nH]1)C(C)C. The van der Waals surface area contributed by atoms with E-state index >= 15 is 0 Å². The number of benzene rings is 3. The number of rotatable bonds is 11. The monoisotopic (exact) mass is 706 g/mol. The predicted octanol–water partition coefficient (Wildman–Crippen LogP) is 6.58. The highest BCUT2D eigenvalue weighted by molar-refractivity contribution is 5.87. The van der Waals surface area contributed by atoms with Gasteiger partial charge in [-0.05, 0) is 92.2 Å². The van der Waals surface area contributed by atoms with Crippen LogP contribution in [0.25, 0.3) is 44.3 Å². The Hall–Kier alpha value is -5.23. The first-order chi connectivity index (χ1) is 24.8. The summed E-state index contributed by atoms with van der Waals surface area (Å²) in [6, 6.07) is 19.4. The highest BCUT2D eigenvalue weighted by Crippen LogP contribution is 2.34. The first kappa shape index (κ1) is 36.6. The molecule has 0 aliphatic carbocycles. The van der Waals surface area contributed by atoms with E-state index in [9.17, 15) is 14.4 Å². The number of carbonyl (C=O) groups excluding carboxylic acids is 3. The van der Waals surface area contributed by atoms with E-state index in [1.807, 2.05) is 62.9 Å². The van der Waals surface area contributed by atoms with Gasteiger partial charge in [-0.25, -0.2) is 14.8 Å². The largest absolute Gasteiger partial charge is 0.453 e. The quantitative estimate of drug-likeness (QED) is 0.121. The van der Waals surface area contributed by atoms with Crippen molar-refractivity contribution in [2.75, 3.05) is 27.7 Å². The van der Waals surface area contributed by atoms with E-state index in [0.717, 1.165) is 69.5 Å². The standard InChI is InChI=1S/C40H50N8O4/c1-22(2)34(46-40(51)52-8)38(49)41-24(5)36-42-29-17-15-27(20-31(29)44-36)25-11-13-26(14-12-25)28-16-18-30-32(21-28)45-37(43-30)33-10-9-19-48(33)39(50)35(23(3)4)47(6)7/h11-18,20-24,33-35H,9-10,19H2,1-8H3,(H,41,49)(H,42,44)(H,43,45)(H,46,51)/t24-,33-,34-,35-/m0/s1. The Bertz CT molecular complexity index is 2060.